The number of aromatic nitrogens is 1. The van der Waals surface area contributed by atoms with E-state index < -0.39 is 0 Å². The van der Waals surface area contributed by atoms with Crippen molar-refractivity contribution in [2.45, 2.75) is 18.8 Å². The number of piperidine rings is 1. The molecule has 26 heavy (non-hydrogen) atoms. The van der Waals surface area contributed by atoms with E-state index in [9.17, 15) is 9.18 Å². The molecular formula is C21H22FN3O. The van der Waals surface area contributed by atoms with Gasteiger partial charge in [0.1, 0.15) is 5.82 Å². The third kappa shape index (κ3) is 2.99. The van der Waals surface area contributed by atoms with Gasteiger partial charge in [-0.25, -0.2) is 4.39 Å². The van der Waals surface area contributed by atoms with Gasteiger partial charge in [-0.2, -0.15) is 0 Å². The maximum absolute atomic E-state index is 13.3. The Morgan fingerprint density at radius 2 is 1.88 bits per heavy atom. The lowest BCUT2D eigenvalue weighted by Crippen LogP contribution is -2.26. The highest BCUT2D eigenvalue weighted by atomic mass is 19.1. The Morgan fingerprint density at radius 3 is 2.58 bits per heavy atom. The lowest BCUT2D eigenvalue weighted by molar-refractivity contribution is 0.0963. The predicted molar refractivity (Wildman–Crippen MR) is 101 cm³/mol. The van der Waals surface area contributed by atoms with Gasteiger partial charge < -0.3 is 15.2 Å². The van der Waals surface area contributed by atoms with Gasteiger partial charge in [0, 0.05) is 29.9 Å². The molecule has 0 saturated carbocycles. The summed E-state index contributed by atoms with van der Waals surface area (Å²) in [6.07, 6.45) is 4.31. The van der Waals surface area contributed by atoms with E-state index >= 15 is 0 Å². The van der Waals surface area contributed by atoms with Crippen molar-refractivity contribution in [3.05, 3.63) is 65.6 Å². The number of hydrogen-bond acceptors (Lipinski definition) is 2. The van der Waals surface area contributed by atoms with Crippen LogP contribution in [0.3, 0.4) is 0 Å². The zero-order valence-electron chi connectivity index (χ0n) is 14.8. The minimum atomic E-state index is -0.245. The lowest BCUT2D eigenvalue weighted by Gasteiger charge is -2.22. The highest BCUT2D eigenvalue weighted by molar-refractivity contribution is 5.99. The first kappa shape index (κ1) is 16.8. The van der Waals surface area contributed by atoms with Crippen LogP contribution >= 0.6 is 0 Å². The summed E-state index contributed by atoms with van der Waals surface area (Å²) >= 11 is 0. The molecule has 5 heteroatoms. The number of carbonyl (C=O) groups excluding carboxylic acids is 1. The van der Waals surface area contributed by atoms with Crippen molar-refractivity contribution in [2.75, 3.05) is 20.1 Å². The molecule has 0 radical (unpaired) electrons. The molecule has 0 aliphatic carbocycles. The molecular weight excluding hydrogens is 329 g/mol. The number of benzene rings is 2. The molecule has 1 amide bonds. The highest BCUT2D eigenvalue weighted by Crippen LogP contribution is 2.35. The molecule has 3 aromatic rings. The third-order valence-electron chi connectivity index (χ3n) is 5.21. The van der Waals surface area contributed by atoms with E-state index in [0.717, 1.165) is 42.5 Å². The van der Waals surface area contributed by atoms with Gasteiger partial charge in [-0.05, 0) is 79.9 Å². The standard InChI is InChI=1S/C21H22FN3O/c1-23-21(26)15-2-7-20-18(12-15)19(14-8-10-24-11-9-14)13-25(20)17-5-3-16(22)4-6-17/h2-7,12-14,24H,8-11H2,1H3,(H,23,26). The number of amides is 1. The molecule has 1 aliphatic heterocycles. The first-order valence-electron chi connectivity index (χ1n) is 9.01. The Morgan fingerprint density at radius 1 is 1.15 bits per heavy atom. The summed E-state index contributed by atoms with van der Waals surface area (Å²) in [6, 6.07) is 12.3. The Hall–Kier alpha value is -2.66. The van der Waals surface area contributed by atoms with Gasteiger partial charge in [0.05, 0.1) is 5.52 Å². The van der Waals surface area contributed by atoms with Crippen LogP contribution in [0, 0.1) is 5.82 Å². The topological polar surface area (TPSA) is 46.1 Å². The van der Waals surface area contributed by atoms with E-state index in [4.69, 9.17) is 0 Å². The Kier molecular flexibility index (Phi) is 4.47. The molecule has 1 aromatic heterocycles. The average molecular weight is 351 g/mol. The van der Waals surface area contributed by atoms with E-state index in [-0.39, 0.29) is 11.7 Å². The van der Waals surface area contributed by atoms with Gasteiger partial charge in [-0.15, -0.1) is 0 Å². The summed E-state index contributed by atoms with van der Waals surface area (Å²) in [5.74, 6) is 0.128. The van der Waals surface area contributed by atoms with Gasteiger partial charge in [0.25, 0.3) is 5.91 Å². The van der Waals surface area contributed by atoms with E-state index in [0.29, 0.717) is 11.5 Å². The largest absolute Gasteiger partial charge is 0.355 e. The molecule has 1 saturated heterocycles. The molecule has 2 heterocycles. The Bertz CT molecular complexity index is 940. The molecule has 134 valence electrons. The highest BCUT2D eigenvalue weighted by Gasteiger charge is 2.21. The number of halogens is 1. The van der Waals surface area contributed by atoms with Gasteiger partial charge >= 0.3 is 0 Å². The fourth-order valence-electron chi connectivity index (χ4n) is 3.81. The van der Waals surface area contributed by atoms with Crippen LogP contribution in [0.5, 0.6) is 0 Å². The molecule has 4 nitrogen and oxygen atoms in total. The second-order valence-corrected chi connectivity index (χ2v) is 6.77. The van der Waals surface area contributed by atoms with Crippen LogP contribution in [-0.2, 0) is 0 Å². The summed E-state index contributed by atoms with van der Waals surface area (Å²) < 4.78 is 15.4. The molecule has 4 rings (SSSR count). The second-order valence-electron chi connectivity index (χ2n) is 6.77. The minimum absolute atomic E-state index is 0.0855. The van der Waals surface area contributed by atoms with Crippen molar-refractivity contribution in [3.8, 4) is 5.69 Å². The monoisotopic (exact) mass is 351 g/mol. The van der Waals surface area contributed by atoms with Crippen molar-refractivity contribution < 1.29 is 9.18 Å². The van der Waals surface area contributed by atoms with Crippen LogP contribution in [0.25, 0.3) is 16.6 Å². The quantitative estimate of drug-likeness (QED) is 0.757. The molecule has 2 aromatic carbocycles. The first-order valence-corrected chi connectivity index (χ1v) is 9.01. The van der Waals surface area contributed by atoms with E-state index in [2.05, 4.69) is 21.4 Å². The van der Waals surface area contributed by atoms with Crippen molar-refractivity contribution in [3.63, 3.8) is 0 Å². The molecule has 0 unspecified atom stereocenters. The van der Waals surface area contributed by atoms with E-state index in [1.807, 2.05) is 18.2 Å². The normalized spacial score (nSPS) is 15.3. The number of hydrogen-bond donors (Lipinski definition) is 2. The number of nitrogens with zero attached hydrogens (tertiary/aromatic N) is 1. The maximum atomic E-state index is 13.3. The van der Waals surface area contributed by atoms with Gasteiger partial charge in [0.2, 0.25) is 0 Å². The van der Waals surface area contributed by atoms with Crippen molar-refractivity contribution >= 4 is 16.8 Å². The minimum Gasteiger partial charge on any atom is -0.355 e. The van der Waals surface area contributed by atoms with Gasteiger partial charge in [-0.3, -0.25) is 4.79 Å². The Balaban J connectivity index is 1.89. The van der Waals surface area contributed by atoms with Crippen molar-refractivity contribution in [2.24, 2.45) is 0 Å². The average Bonchev–Trinajstić information content (AvgIpc) is 3.07. The molecule has 1 aliphatic rings. The van der Waals surface area contributed by atoms with Crippen LogP contribution in [0.1, 0.15) is 34.7 Å². The summed E-state index contributed by atoms with van der Waals surface area (Å²) in [5.41, 5.74) is 3.88. The maximum Gasteiger partial charge on any atom is 0.251 e. The molecule has 0 bridgehead atoms. The summed E-state index contributed by atoms with van der Waals surface area (Å²) in [4.78, 5) is 12.1. The smallest absolute Gasteiger partial charge is 0.251 e. The lowest BCUT2D eigenvalue weighted by atomic mass is 9.89. The number of rotatable bonds is 3. The summed E-state index contributed by atoms with van der Waals surface area (Å²) in [5, 5.41) is 7.20. The van der Waals surface area contributed by atoms with Crippen LogP contribution in [0.15, 0.2) is 48.7 Å². The van der Waals surface area contributed by atoms with E-state index in [1.165, 1.54) is 17.7 Å². The molecule has 1 fully saturated rings. The molecule has 2 N–H and O–H groups in total. The van der Waals surface area contributed by atoms with Crippen molar-refractivity contribution in [1.82, 2.24) is 15.2 Å². The number of nitrogens with one attached hydrogen (secondary N) is 2. The fraction of sp³-hybridized carbons (Fsp3) is 0.286. The number of fused-ring (bicyclic) bond motifs is 1. The van der Waals surface area contributed by atoms with Crippen molar-refractivity contribution in [1.29, 1.82) is 0 Å². The third-order valence-corrected chi connectivity index (χ3v) is 5.21. The predicted octanol–water partition coefficient (Wildman–Crippen LogP) is 3.60. The fourth-order valence-corrected chi connectivity index (χ4v) is 3.81. The van der Waals surface area contributed by atoms with Crippen LogP contribution in [0.2, 0.25) is 0 Å². The summed E-state index contributed by atoms with van der Waals surface area (Å²) in [6.45, 7) is 2.01. The van der Waals surface area contributed by atoms with Gasteiger partial charge in [-0.1, -0.05) is 0 Å². The van der Waals surface area contributed by atoms with Crippen LogP contribution in [0.4, 0.5) is 4.39 Å². The number of carbonyl (C=O) groups is 1. The SMILES string of the molecule is CNC(=O)c1ccc2c(c1)c(C1CCNCC1)cn2-c1ccc(F)cc1. The zero-order valence-corrected chi connectivity index (χ0v) is 14.8. The van der Waals surface area contributed by atoms with Crippen LogP contribution < -0.4 is 10.6 Å². The molecule has 0 spiro atoms. The molecule has 0 atom stereocenters. The zero-order chi connectivity index (χ0) is 18.1. The van der Waals surface area contributed by atoms with E-state index in [1.54, 1.807) is 19.2 Å². The second kappa shape index (κ2) is 6.92. The first-order chi connectivity index (χ1) is 12.7. The summed E-state index contributed by atoms with van der Waals surface area (Å²) in [7, 11) is 1.64. The Labute approximate surface area is 152 Å². The van der Waals surface area contributed by atoms with Crippen LogP contribution in [-0.4, -0.2) is 30.6 Å². The van der Waals surface area contributed by atoms with Gasteiger partial charge in [0.15, 0.2) is 0 Å².